The second-order valence-corrected chi connectivity index (χ2v) is 7.25. The second-order valence-electron chi connectivity index (χ2n) is 7.25. The molecule has 0 aromatic heterocycles. The van der Waals surface area contributed by atoms with Gasteiger partial charge < -0.3 is 24.1 Å². The summed E-state index contributed by atoms with van der Waals surface area (Å²) in [7, 11) is 4.44. The maximum Gasteiger partial charge on any atom is 0.341 e. The molecular weight excluding hydrogens is 384 g/mol. The molecule has 0 bridgehead atoms. The van der Waals surface area contributed by atoms with Gasteiger partial charge in [-0.15, -0.1) is 0 Å². The Morgan fingerprint density at radius 1 is 1.07 bits per heavy atom. The summed E-state index contributed by atoms with van der Waals surface area (Å²) in [6.45, 7) is 2.26. The lowest BCUT2D eigenvalue weighted by Crippen LogP contribution is -2.19. The van der Waals surface area contributed by atoms with Crippen molar-refractivity contribution in [2.24, 2.45) is 0 Å². The monoisotopic (exact) mass is 416 g/mol. The van der Waals surface area contributed by atoms with Crippen LogP contribution in [0.4, 0.5) is 0 Å². The molecule has 0 unspecified atom stereocenters. The molecule has 164 valence electrons. The first-order chi connectivity index (χ1) is 14.5. The van der Waals surface area contributed by atoms with Crippen LogP contribution < -0.4 is 9.47 Å². The number of hydrogen-bond donors (Lipinski definition) is 1. The third-order valence-corrected chi connectivity index (χ3v) is 4.91. The van der Waals surface area contributed by atoms with Gasteiger partial charge in [0.15, 0.2) is 0 Å². The molecule has 0 spiro atoms. The van der Waals surface area contributed by atoms with Gasteiger partial charge in [-0.2, -0.15) is 0 Å². The lowest BCUT2D eigenvalue weighted by molar-refractivity contribution is 0.00227. The molecule has 0 amide bonds. The summed E-state index contributed by atoms with van der Waals surface area (Å²) in [5.41, 5.74) is 2.31. The van der Waals surface area contributed by atoms with Gasteiger partial charge >= 0.3 is 5.97 Å². The Hall–Kier alpha value is -2.57. The minimum atomic E-state index is -0.451. The second kappa shape index (κ2) is 12.2. The predicted octanol–water partition coefficient (Wildman–Crippen LogP) is 4.17. The number of esters is 1. The maximum atomic E-state index is 12.3. The fraction of sp³-hybridized carbons (Fsp3) is 0.458. The van der Waals surface area contributed by atoms with E-state index in [1.165, 1.54) is 14.2 Å². The van der Waals surface area contributed by atoms with Crippen LogP contribution >= 0.6 is 0 Å². The highest BCUT2D eigenvalue weighted by Gasteiger charge is 2.20. The van der Waals surface area contributed by atoms with E-state index in [1.54, 1.807) is 20.1 Å². The normalized spacial score (nSPS) is 12.8. The van der Waals surface area contributed by atoms with Crippen LogP contribution in [-0.4, -0.2) is 44.6 Å². The van der Waals surface area contributed by atoms with E-state index in [-0.39, 0.29) is 6.10 Å². The molecule has 0 aliphatic heterocycles. The Morgan fingerprint density at radius 2 is 1.80 bits per heavy atom. The van der Waals surface area contributed by atoms with Crippen LogP contribution in [-0.2, 0) is 22.5 Å². The number of carbonyl (C=O) groups excluding carboxylic acids is 1. The highest BCUT2D eigenvalue weighted by Crippen LogP contribution is 2.31. The van der Waals surface area contributed by atoms with Crippen LogP contribution in [0.3, 0.4) is 0 Å². The number of ether oxygens (including phenoxy) is 4. The molecule has 0 aliphatic carbocycles. The Bertz CT molecular complexity index is 788. The highest BCUT2D eigenvalue weighted by atomic mass is 16.5. The number of aliphatic hydroxyl groups excluding tert-OH is 1. The molecule has 6 heteroatoms. The summed E-state index contributed by atoms with van der Waals surface area (Å²) >= 11 is 0. The highest BCUT2D eigenvalue weighted by molar-refractivity contribution is 5.94. The van der Waals surface area contributed by atoms with Crippen molar-refractivity contribution < 1.29 is 28.8 Å². The molecule has 0 radical (unpaired) electrons. The van der Waals surface area contributed by atoms with Gasteiger partial charge in [-0.25, -0.2) is 4.79 Å². The summed E-state index contributed by atoms with van der Waals surface area (Å²) in [4.78, 5) is 12.3. The molecule has 0 heterocycles. The summed E-state index contributed by atoms with van der Waals surface area (Å²) in [5.74, 6) is 0.609. The fourth-order valence-electron chi connectivity index (χ4n) is 3.41. The number of methoxy groups -OCH3 is 3. The third kappa shape index (κ3) is 7.04. The molecule has 1 N–H and O–H groups in total. The van der Waals surface area contributed by atoms with E-state index in [9.17, 15) is 9.90 Å². The molecule has 2 aromatic carbocycles. The van der Waals surface area contributed by atoms with Crippen molar-refractivity contribution in [3.63, 3.8) is 0 Å². The van der Waals surface area contributed by atoms with Gasteiger partial charge in [0.1, 0.15) is 17.1 Å². The van der Waals surface area contributed by atoms with Gasteiger partial charge in [0.25, 0.3) is 0 Å². The molecule has 2 aromatic rings. The predicted molar refractivity (Wildman–Crippen MR) is 115 cm³/mol. The average Bonchev–Trinajstić information content (AvgIpc) is 2.76. The molecule has 30 heavy (non-hydrogen) atoms. The summed E-state index contributed by atoms with van der Waals surface area (Å²) < 4.78 is 21.7. The summed E-state index contributed by atoms with van der Waals surface area (Å²) in [6, 6.07) is 13.5. The Morgan fingerprint density at radius 3 is 2.40 bits per heavy atom. The number of aliphatic hydroxyl groups is 1. The maximum absolute atomic E-state index is 12.3. The number of aryl methyl sites for hydroxylation is 1. The Balaban J connectivity index is 2.08. The SMILES string of the molecule is COC(=O)c1c(CCC[C@@H](C[C@H](C)O)OCc2ccccc2)cc(OC)cc1OC. The van der Waals surface area contributed by atoms with Gasteiger partial charge in [-0.1, -0.05) is 30.3 Å². The zero-order valence-electron chi connectivity index (χ0n) is 18.2. The van der Waals surface area contributed by atoms with Gasteiger partial charge in [-0.3, -0.25) is 0 Å². The number of hydrogen-bond acceptors (Lipinski definition) is 6. The van der Waals surface area contributed by atoms with Crippen molar-refractivity contribution in [2.75, 3.05) is 21.3 Å². The van der Waals surface area contributed by atoms with Gasteiger partial charge in [-0.05, 0) is 49.8 Å². The van der Waals surface area contributed by atoms with Crippen molar-refractivity contribution in [1.29, 1.82) is 0 Å². The lowest BCUT2D eigenvalue weighted by Gasteiger charge is -2.20. The molecule has 0 saturated carbocycles. The molecule has 0 fully saturated rings. The van der Waals surface area contributed by atoms with Crippen molar-refractivity contribution in [2.45, 2.75) is 51.4 Å². The Labute approximate surface area is 178 Å². The summed E-state index contributed by atoms with van der Waals surface area (Å²) in [5, 5.41) is 9.85. The van der Waals surface area contributed by atoms with E-state index in [0.29, 0.717) is 36.5 Å². The third-order valence-electron chi connectivity index (χ3n) is 4.91. The Kier molecular flexibility index (Phi) is 9.64. The van der Waals surface area contributed by atoms with Crippen molar-refractivity contribution in [3.05, 3.63) is 59.2 Å². The first-order valence-corrected chi connectivity index (χ1v) is 10.1. The van der Waals surface area contributed by atoms with Crippen LogP contribution in [0.2, 0.25) is 0 Å². The topological polar surface area (TPSA) is 74.2 Å². The van der Waals surface area contributed by atoms with E-state index >= 15 is 0 Å². The van der Waals surface area contributed by atoms with E-state index in [4.69, 9.17) is 18.9 Å². The fourth-order valence-corrected chi connectivity index (χ4v) is 3.41. The molecule has 0 aliphatic rings. The largest absolute Gasteiger partial charge is 0.497 e. The molecule has 2 atom stereocenters. The molecule has 6 nitrogen and oxygen atoms in total. The minimum Gasteiger partial charge on any atom is -0.497 e. The van der Waals surface area contributed by atoms with Crippen molar-refractivity contribution in [3.8, 4) is 11.5 Å². The van der Waals surface area contributed by atoms with E-state index < -0.39 is 12.1 Å². The van der Waals surface area contributed by atoms with Crippen molar-refractivity contribution >= 4 is 5.97 Å². The van der Waals surface area contributed by atoms with Gasteiger partial charge in [0.05, 0.1) is 40.1 Å². The van der Waals surface area contributed by atoms with Crippen LogP contribution in [0.25, 0.3) is 0 Å². The quantitative estimate of drug-likeness (QED) is 0.524. The first kappa shape index (κ1) is 23.7. The van der Waals surface area contributed by atoms with Gasteiger partial charge in [0, 0.05) is 6.07 Å². The number of rotatable bonds is 12. The smallest absolute Gasteiger partial charge is 0.341 e. The van der Waals surface area contributed by atoms with Crippen LogP contribution in [0.5, 0.6) is 11.5 Å². The van der Waals surface area contributed by atoms with Crippen LogP contribution in [0.1, 0.15) is 47.7 Å². The number of carbonyl (C=O) groups is 1. The molecule has 0 saturated heterocycles. The molecule has 2 rings (SSSR count). The average molecular weight is 417 g/mol. The van der Waals surface area contributed by atoms with Crippen LogP contribution in [0, 0.1) is 0 Å². The van der Waals surface area contributed by atoms with Crippen molar-refractivity contribution in [1.82, 2.24) is 0 Å². The van der Waals surface area contributed by atoms with E-state index in [1.807, 2.05) is 36.4 Å². The first-order valence-electron chi connectivity index (χ1n) is 10.1. The standard InChI is InChI=1S/C24H32O6/c1-17(25)13-20(30-16-18-9-6-5-7-10-18)12-8-11-19-14-21(27-2)15-22(28-3)23(19)24(26)29-4/h5-7,9-10,14-15,17,20,25H,8,11-13,16H2,1-4H3/t17-,20-/m0/s1. The summed E-state index contributed by atoms with van der Waals surface area (Å²) in [6.07, 6.45) is 2.17. The minimum absolute atomic E-state index is 0.0840. The molecular formula is C24H32O6. The zero-order chi connectivity index (χ0) is 21.9. The van der Waals surface area contributed by atoms with E-state index in [0.717, 1.165) is 24.0 Å². The van der Waals surface area contributed by atoms with E-state index in [2.05, 4.69) is 0 Å². The lowest BCUT2D eigenvalue weighted by atomic mass is 9.98. The van der Waals surface area contributed by atoms with Gasteiger partial charge in [0.2, 0.25) is 0 Å². The number of benzene rings is 2. The van der Waals surface area contributed by atoms with Crippen LogP contribution in [0.15, 0.2) is 42.5 Å². The zero-order valence-corrected chi connectivity index (χ0v) is 18.2.